The fourth-order valence-corrected chi connectivity index (χ4v) is 2.33. The van der Waals surface area contributed by atoms with Gasteiger partial charge in [-0.3, -0.25) is 4.79 Å². The van der Waals surface area contributed by atoms with Crippen molar-refractivity contribution >= 4 is 17.7 Å². The van der Waals surface area contributed by atoms with E-state index in [1.54, 1.807) is 7.05 Å². The lowest BCUT2D eigenvalue weighted by Gasteiger charge is -2.15. The van der Waals surface area contributed by atoms with Crippen LogP contribution in [0.4, 0.5) is 0 Å². The Balaban J connectivity index is 3.74. The first-order valence-corrected chi connectivity index (χ1v) is 6.72. The highest BCUT2D eigenvalue weighted by molar-refractivity contribution is 7.99. The summed E-state index contributed by atoms with van der Waals surface area (Å²) in [4.78, 5) is 11.4. The molecule has 90 valence electrons. The second kappa shape index (κ2) is 9.04. The van der Waals surface area contributed by atoms with Crippen LogP contribution in [-0.2, 0) is 9.53 Å². The van der Waals surface area contributed by atoms with Gasteiger partial charge < -0.3 is 10.1 Å². The third kappa shape index (κ3) is 6.79. The molecule has 0 saturated carbocycles. The van der Waals surface area contributed by atoms with Crippen LogP contribution in [0.5, 0.6) is 0 Å². The molecule has 0 fully saturated rings. The van der Waals surface area contributed by atoms with Gasteiger partial charge in [-0.25, -0.2) is 0 Å². The average molecular weight is 233 g/mol. The maximum absolute atomic E-state index is 11.4. The molecule has 2 unspecified atom stereocenters. The molecule has 0 aliphatic rings. The SMILES string of the molecule is CCOC(=O)C(CSCC(C)CC)NC. The summed E-state index contributed by atoms with van der Waals surface area (Å²) in [6, 6.07) is -0.168. The van der Waals surface area contributed by atoms with Crippen molar-refractivity contribution in [3.63, 3.8) is 0 Å². The number of hydrogen-bond donors (Lipinski definition) is 1. The maximum Gasteiger partial charge on any atom is 0.323 e. The lowest BCUT2D eigenvalue weighted by molar-refractivity contribution is -0.144. The van der Waals surface area contributed by atoms with Crippen LogP contribution < -0.4 is 5.32 Å². The molecule has 15 heavy (non-hydrogen) atoms. The first-order valence-electron chi connectivity index (χ1n) is 5.57. The van der Waals surface area contributed by atoms with E-state index in [0.29, 0.717) is 6.61 Å². The molecule has 0 heterocycles. The van der Waals surface area contributed by atoms with E-state index in [0.717, 1.165) is 17.4 Å². The van der Waals surface area contributed by atoms with Crippen molar-refractivity contribution < 1.29 is 9.53 Å². The zero-order chi connectivity index (χ0) is 11.7. The molecule has 0 aliphatic heterocycles. The van der Waals surface area contributed by atoms with Crippen LogP contribution >= 0.6 is 11.8 Å². The molecule has 0 spiro atoms. The Morgan fingerprint density at radius 3 is 2.53 bits per heavy atom. The molecule has 0 amide bonds. The van der Waals surface area contributed by atoms with E-state index in [2.05, 4.69) is 19.2 Å². The van der Waals surface area contributed by atoms with Gasteiger partial charge in [0.15, 0.2) is 0 Å². The summed E-state index contributed by atoms with van der Waals surface area (Å²) in [5.74, 6) is 2.47. The average Bonchev–Trinajstić information content (AvgIpc) is 2.24. The maximum atomic E-state index is 11.4. The largest absolute Gasteiger partial charge is 0.465 e. The molecular formula is C11H23NO2S. The zero-order valence-electron chi connectivity index (χ0n) is 10.2. The van der Waals surface area contributed by atoms with Gasteiger partial charge in [0.05, 0.1) is 6.61 Å². The molecule has 0 aromatic heterocycles. The fourth-order valence-electron chi connectivity index (χ4n) is 1.02. The Bertz CT molecular complexity index is 176. The van der Waals surface area contributed by atoms with Crippen molar-refractivity contribution in [3.05, 3.63) is 0 Å². The highest BCUT2D eigenvalue weighted by atomic mass is 32.2. The van der Waals surface area contributed by atoms with Crippen LogP contribution in [-0.4, -0.2) is 37.2 Å². The number of likely N-dealkylation sites (N-methyl/N-ethyl adjacent to an activating group) is 1. The van der Waals surface area contributed by atoms with Gasteiger partial charge in [0.25, 0.3) is 0 Å². The molecule has 0 saturated heterocycles. The fraction of sp³-hybridized carbons (Fsp3) is 0.909. The Morgan fingerprint density at radius 1 is 1.40 bits per heavy atom. The van der Waals surface area contributed by atoms with Gasteiger partial charge in [-0.05, 0) is 25.6 Å². The van der Waals surface area contributed by atoms with E-state index in [1.807, 2.05) is 18.7 Å². The summed E-state index contributed by atoms with van der Waals surface area (Å²) in [7, 11) is 1.80. The van der Waals surface area contributed by atoms with Crippen molar-refractivity contribution in [1.82, 2.24) is 5.32 Å². The van der Waals surface area contributed by atoms with Gasteiger partial charge in [-0.15, -0.1) is 0 Å². The molecule has 0 bridgehead atoms. The Labute approximate surface area is 97.3 Å². The summed E-state index contributed by atoms with van der Waals surface area (Å²) < 4.78 is 4.96. The summed E-state index contributed by atoms with van der Waals surface area (Å²) >= 11 is 1.81. The number of carbonyl (C=O) groups excluding carboxylic acids is 1. The molecule has 4 heteroatoms. The van der Waals surface area contributed by atoms with E-state index in [1.165, 1.54) is 6.42 Å². The van der Waals surface area contributed by atoms with E-state index in [4.69, 9.17) is 4.74 Å². The molecule has 0 rings (SSSR count). The molecule has 0 aromatic carbocycles. The molecule has 0 aliphatic carbocycles. The predicted molar refractivity (Wildman–Crippen MR) is 66.3 cm³/mol. The number of thioether (sulfide) groups is 1. The van der Waals surface area contributed by atoms with Gasteiger partial charge in [-0.2, -0.15) is 11.8 Å². The van der Waals surface area contributed by atoms with Crippen molar-refractivity contribution in [1.29, 1.82) is 0 Å². The molecule has 1 N–H and O–H groups in total. The Hall–Kier alpha value is -0.220. The molecule has 0 aromatic rings. The molecule has 2 atom stereocenters. The Kier molecular flexibility index (Phi) is 8.91. The highest BCUT2D eigenvalue weighted by Crippen LogP contribution is 2.12. The van der Waals surface area contributed by atoms with Gasteiger partial charge in [0.2, 0.25) is 0 Å². The van der Waals surface area contributed by atoms with E-state index >= 15 is 0 Å². The van der Waals surface area contributed by atoms with Gasteiger partial charge >= 0.3 is 5.97 Å². The summed E-state index contributed by atoms with van der Waals surface area (Å²) in [5, 5.41) is 2.98. The number of ether oxygens (including phenoxy) is 1. The van der Waals surface area contributed by atoms with Crippen molar-refractivity contribution in [3.8, 4) is 0 Å². The molecule has 0 radical (unpaired) electrons. The summed E-state index contributed by atoms with van der Waals surface area (Å²) in [5.41, 5.74) is 0. The third-order valence-corrected chi connectivity index (χ3v) is 3.68. The van der Waals surface area contributed by atoms with E-state index in [-0.39, 0.29) is 12.0 Å². The van der Waals surface area contributed by atoms with Gasteiger partial charge in [0, 0.05) is 5.75 Å². The monoisotopic (exact) mass is 233 g/mol. The van der Waals surface area contributed by atoms with Crippen LogP contribution in [0.15, 0.2) is 0 Å². The van der Waals surface area contributed by atoms with Crippen molar-refractivity contribution in [2.45, 2.75) is 33.2 Å². The van der Waals surface area contributed by atoms with Crippen LogP contribution in [0.25, 0.3) is 0 Å². The van der Waals surface area contributed by atoms with Gasteiger partial charge in [0.1, 0.15) is 6.04 Å². The predicted octanol–water partition coefficient (Wildman–Crippen LogP) is 1.92. The number of hydrogen-bond acceptors (Lipinski definition) is 4. The highest BCUT2D eigenvalue weighted by Gasteiger charge is 2.17. The quantitative estimate of drug-likeness (QED) is 0.650. The van der Waals surface area contributed by atoms with Crippen molar-refractivity contribution in [2.75, 3.05) is 25.2 Å². The second-order valence-corrected chi connectivity index (χ2v) is 4.72. The third-order valence-electron chi connectivity index (χ3n) is 2.30. The lowest BCUT2D eigenvalue weighted by Crippen LogP contribution is -2.37. The normalized spacial score (nSPS) is 14.7. The smallest absolute Gasteiger partial charge is 0.323 e. The topological polar surface area (TPSA) is 38.3 Å². The minimum Gasteiger partial charge on any atom is -0.465 e. The number of rotatable bonds is 8. The number of nitrogens with one attached hydrogen (secondary N) is 1. The standard InChI is InChI=1S/C11H23NO2S/c1-5-9(3)7-15-8-10(12-4)11(13)14-6-2/h9-10,12H,5-8H2,1-4H3. The van der Waals surface area contributed by atoms with Crippen LogP contribution in [0, 0.1) is 5.92 Å². The Morgan fingerprint density at radius 2 is 2.07 bits per heavy atom. The molecule has 3 nitrogen and oxygen atoms in total. The van der Waals surface area contributed by atoms with Crippen LogP contribution in [0.3, 0.4) is 0 Å². The van der Waals surface area contributed by atoms with Crippen molar-refractivity contribution in [2.24, 2.45) is 5.92 Å². The molecular weight excluding hydrogens is 210 g/mol. The second-order valence-electron chi connectivity index (χ2n) is 3.64. The lowest BCUT2D eigenvalue weighted by atomic mass is 10.2. The number of esters is 1. The summed E-state index contributed by atoms with van der Waals surface area (Å²) in [6.07, 6.45) is 1.19. The zero-order valence-corrected chi connectivity index (χ0v) is 11.0. The first kappa shape index (κ1) is 14.8. The number of carbonyl (C=O) groups is 1. The minimum atomic E-state index is -0.168. The van der Waals surface area contributed by atoms with Crippen LogP contribution in [0.1, 0.15) is 27.2 Å². The van der Waals surface area contributed by atoms with E-state index in [9.17, 15) is 4.79 Å². The van der Waals surface area contributed by atoms with Crippen LogP contribution in [0.2, 0.25) is 0 Å². The first-order chi connectivity index (χ1) is 7.15. The minimum absolute atomic E-state index is 0.142. The summed E-state index contributed by atoms with van der Waals surface area (Å²) in [6.45, 7) is 6.70. The van der Waals surface area contributed by atoms with Gasteiger partial charge in [-0.1, -0.05) is 20.3 Å². The van der Waals surface area contributed by atoms with E-state index < -0.39 is 0 Å².